The average molecular weight is 383 g/mol. The Hall–Kier alpha value is -2.12. The molecule has 25 heavy (non-hydrogen) atoms. The van der Waals surface area contributed by atoms with Crippen LogP contribution in [0.25, 0.3) is 6.08 Å². The second kappa shape index (κ2) is 7.84. The molecule has 8 heteroatoms. The molecule has 2 rings (SSSR count). The second-order valence-electron chi connectivity index (χ2n) is 5.26. The maximum absolute atomic E-state index is 12.4. The lowest BCUT2D eigenvalue weighted by Crippen LogP contribution is -2.52. The molecular weight excluding hydrogens is 364 g/mol. The molecule has 0 aliphatic carbocycles. The van der Waals surface area contributed by atoms with Crippen molar-refractivity contribution in [3.63, 3.8) is 0 Å². The van der Waals surface area contributed by atoms with Crippen LogP contribution >= 0.6 is 23.8 Å². The van der Waals surface area contributed by atoms with Crippen molar-refractivity contribution in [1.29, 1.82) is 0 Å². The third-order valence-corrected chi connectivity index (χ3v) is 4.48. The molecule has 0 radical (unpaired) electrons. The summed E-state index contributed by atoms with van der Waals surface area (Å²) in [5.74, 6) is 0.0498. The summed E-state index contributed by atoms with van der Waals surface area (Å²) < 4.78 is 11.1. The molecule has 0 saturated carbocycles. The molecule has 2 amide bonds. The number of carbonyl (C=O) groups is 2. The number of carbonyl (C=O) groups excluding carboxylic acids is 2. The number of halogens is 1. The lowest BCUT2D eigenvalue weighted by Gasteiger charge is -2.31. The molecule has 1 aromatic carbocycles. The van der Waals surface area contributed by atoms with Gasteiger partial charge in [0.15, 0.2) is 16.6 Å². The van der Waals surface area contributed by atoms with Crippen LogP contribution in [-0.4, -0.2) is 54.0 Å². The molecule has 0 unspecified atom stereocenters. The number of likely N-dealkylation sites (N-methyl/N-ethyl adjacent to an activating group) is 2. The quantitative estimate of drug-likeness (QED) is 0.445. The van der Waals surface area contributed by atoms with Gasteiger partial charge < -0.3 is 9.47 Å². The molecule has 1 heterocycles. The zero-order valence-electron chi connectivity index (χ0n) is 14.5. The van der Waals surface area contributed by atoms with Crippen LogP contribution in [-0.2, 0) is 9.59 Å². The monoisotopic (exact) mass is 382 g/mol. The van der Waals surface area contributed by atoms with Crippen molar-refractivity contribution in [3.05, 3.63) is 28.3 Å². The smallest absolute Gasteiger partial charge is 0.265 e. The van der Waals surface area contributed by atoms with Gasteiger partial charge in [0.05, 0.1) is 18.2 Å². The molecule has 0 aromatic heterocycles. The Morgan fingerprint density at radius 2 is 1.52 bits per heavy atom. The highest BCUT2D eigenvalue weighted by Crippen LogP contribution is 2.35. The average Bonchev–Trinajstić information content (AvgIpc) is 2.59. The van der Waals surface area contributed by atoms with Gasteiger partial charge in [0.1, 0.15) is 5.57 Å². The minimum atomic E-state index is -0.476. The minimum absolute atomic E-state index is 0.0212. The van der Waals surface area contributed by atoms with Crippen LogP contribution in [0.3, 0.4) is 0 Å². The zero-order chi connectivity index (χ0) is 18.7. The van der Waals surface area contributed by atoms with Gasteiger partial charge in [0, 0.05) is 20.2 Å². The Labute approximate surface area is 156 Å². The third-order valence-electron chi connectivity index (χ3n) is 3.61. The first kappa shape index (κ1) is 19.2. The van der Waals surface area contributed by atoms with Crippen LogP contribution in [0.4, 0.5) is 0 Å². The van der Waals surface area contributed by atoms with Gasteiger partial charge in [-0.3, -0.25) is 19.4 Å². The van der Waals surface area contributed by atoms with Gasteiger partial charge in [0.2, 0.25) is 0 Å². The molecule has 6 nitrogen and oxygen atoms in total. The van der Waals surface area contributed by atoms with Crippen molar-refractivity contribution >= 4 is 46.8 Å². The fraction of sp³-hybridized carbons (Fsp3) is 0.353. The summed E-state index contributed by atoms with van der Waals surface area (Å²) in [5.41, 5.74) is 0.465. The Balaban J connectivity index is 2.52. The highest BCUT2D eigenvalue weighted by atomic mass is 35.5. The number of amides is 2. The van der Waals surface area contributed by atoms with Crippen molar-refractivity contribution in [2.75, 3.05) is 27.3 Å². The molecule has 134 valence electrons. The van der Waals surface area contributed by atoms with Crippen molar-refractivity contribution in [2.45, 2.75) is 13.8 Å². The largest absolute Gasteiger partial charge is 0.490 e. The predicted octanol–water partition coefficient (Wildman–Crippen LogP) is 2.74. The number of nitrogens with zero attached hydrogens (tertiary/aromatic N) is 2. The standard InChI is InChI=1S/C17H19ClN2O4S/c1-5-23-13-8-10(12(18)9-14(13)24-6-2)7-11-15(21)19(3)17(25)20(4)16(11)22/h7-9H,5-6H2,1-4H3. The number of hydrogen-bond acceptors (Lipinski definition) is 5. The first-order valence-electron chi connectivity index (χ1n) is 7.72. The summed E-state index contributed by atoms with van der Waals surface area (Å²) >= 11 is 11.4. The summed E-state index contributed by atoms with van der Waals surface area (Å²) in [6.07, 6.45) is 1.44. The molecule has 0 atom stereocenters. The van der Waals surface area contributed by atoms with E-state index in [1.165, 1.54) is 30.0 Å². The van der Waals surface area contributed by atoms with E-state index in [-0.39, 0.29) is 10.7 Å². The van der Waals surface area contributed by atoms with E-state index in [9.17, 15) is 9.59 Å². The van der Waals surface area contributed by atoms with Crippen molar-refractivity contribution in [3.8, 4) is 11.5 Å². The summed E-state index contributed by atoms with van der Waals surface area (Å²) in [6.45, 7) is 4.60. The van der Waals surface area contributed by atoms with Gasteiger partial charge in [-0.2, -0.15) is 0 Å². The topological polar surface area (TPSA) is 59.1 Å². The number of hydrogen-bond donors (Lipinski definition) is 0. The molecule has 1 aliphatic rings. The van der Waals surface area contributed by atoms with Crippen LogP contribution in [0.5, 0.6) is 11.5 Å². The van der Waals surface area contributed by atoms with Gasteiger partial charge >= 0.3 is 0 Å². The molecule has 0 bridgehead atoms. The van der Waals surface area contributed by atoms with E-state index in [2.05, 4.69) is 0 Å². The van der Waals surface area contributed by atoms with Gasteiger partial charge in [-0.25, -0.2) is 0 Å². The maximum atomic E-state index is 12.4. The normalized spacial score (nSPS) is 14.9. The lowest BCUT2D eigenvalue weighted by atomic mass is 10.1. The third kappa shape index (κ3) is 3.77. The van der Waals surface area contributed by atoms with Crippen molar-refractivity contribution in [2.24, 2.45) is 0 Å². The molecular formula is C17H19ClN2O4S. The second-order valence-corrected chi connectivity index (χ2v) is 6.03. The van der Waals surface area contributed by atoms with Gasteiger partial charge in [-0.15, -0.1) is 0 Å². The van der Waals surface area contributed by atoms with E-state index in [0.717, 1.165) is 0 Å². The predicted molar refractivity (Wildman–Crippen MR) is 99.9 cm³/mol. The van der Waals surface area contributed by atoms with Crippen LogP contribution in [0.2, 0.25) is 5.02 Å². The van der Waals surface area contributed by atoms with Crippen LogP contribution < -0.4 is 9.47 Å². The van der Waals surface area contributed by atoms with Crippen molar-refractivity contribution < 1.29 is 19.1 Å². The highest BCUT2D eigenvalue weighted by molar-refractivity contribution is 7.80. The maximum Gasteiger partial charge on any atom is 0.265 e. The molecule has 1 fully saturated rings. The van der Waals surface area contributed by atoms with E-state index in [0.29, 0.717) is 35.3 Å². The Kier molecular flexibility index (Phi) is 6.02. The van der Waals surface area contributed by atoms with Gasteiger partial charge in [-0.05, 0) is 43.8 Å². The van der Waals surface area contributed by atoms with Crippen molar-refractivity contribution in [1.82, 2.24) is 9.80 Å². The number of thiocarbonyl (C=S) groups is 1. The number of rotatable bonds is 5. The molecule has 1 aliphatic heterocycles. The van der Waals surface area contributed by atoms with Gasteiger partial charge in [0.25, 0.3) is 11.8 Å². The molecule has 0 N–H and O–H groups in total. The summed E-state index contributed by atoms with van der Waals surface area (Å²) in [5, 5.41) is 0.499. The van der Waals surface area contributed by atoms with E-state index >= 15 is 0 Å². The van der Waals surface area contributed by atoms with E-state index in [4.69, 9.17) is 33.3 Å². The van der Waals surface area contributed by atoms with E-state index < -0.39 is 11.8 Å². The summed E-state index contributed by atoms with van der Waals surface area (Å²) in [6, 6.07) is 3.26. The highest BCUT2D eigenvalue weighted by Gasteiger charge is 2.35. The fourth-order valence-electron chi connectivity index (χ4n) is 2.33. The molecule has 1 aromatic rings. The SMILES string of the molecule is CCOc1cc(Cl)c(C=C2C(=O)N(C)C(=S)N(C)C2=O)cc1OCC. The molecule has 0 spiro atoms. The zero-order valence-corrected chi connectivity index (χ0v) is 16.0. The van der Waals surface area contributed by atoms with E-state index in [1.807, 2.05) is 13.8 Å². The summed E-state index contributed by atoms with van der Waals surface area (Å²) in [7, 11) is 3.04. The fourth-order valence-corrected chi connectivity index (χ4v) is 2.70. The lowest BCUT2D eigenvalue weighted by molar-refractivity contribution is -0.132. The van der Waals surface area contributed by atoms with Crippen LogP contribution in [0, 0.1) is 0 Å². The van der Waals surface area contributed by atoms with E-state index in [1.54, 1.807) is 12.1 Å². The van der Waals surface area contributed by atoms with Crippen LogP contribution in [0.15, 0.2) is 17.7 Å². The first-order valence-corrected chi connectivity index (χ1v) is 8.51. The first-order chi connectivity index (χ1) is 11.8. The Bertz CT molecular complexity index is 737. The minimum Gasteiger partial charge on any atom is -0.490 e. The number of benzene rings is 1. The van der Waals surface area contributed by atoms with Gasteiger partial charge in [-0.1, -0.05) is 11.6 Å². The Morgan fingerprint density at radius 3 is 2.00 bits per heavy atom. The Morgan fingerprint density at radius 1 is 1.04 bits per heavy atom. The van der Waals surface area contributed by atoms with Crippen LogP contribution in [0.1, 0.15) is 19.4 Å². The molecule has 1 saturated heterocycles. The number of ether oxygens (including phenoxy) is 2. The summed E-state index contributed by atoms with van der Waals surface area (Å²) in [4.78, 5) is 27.3.